The summed E-state index contributed by atoms with van der Waals surface area (Å²) in [6, 6.07) is 62.1. The van der Waals surface area contributed by atoms with Gasteiger partial charge in [0.2, 0.25) is 0 Å². The highest BCUT2D eigenvalue weighted by molar-refractivity contribution is 7.03. The highest BCUT2D eigenvalue weighted by Crippen LogP contribution is 2.39. The van der Waals surface area contributed by atoms with Crippen LogP contribution in [0.15, 0.2) is 170 Å². The number of para-hydroxylation sites is 4. The Bertz CT molecular complexity index is 2390. The van der Waals surface area contributed by atoms with Gasteiger partial charge in [0.05, 0.1) is 11.0 Å². The van der Waals surface area contributed by atoms with Gasteiger partial charge in [-0.3, -0.25) is 0 Å². The first-order valence-electron chi connectivity index (χ1n) is 16.4. The van der Waals surface area contributed by atoms with Crippen molar-refractivity contribution in [2.24, 2.45) is 0 Å². The van der Waals surface area contributed by atoms with E-state index in [2.05, 4.69) is 192 Å². The Morgan fingerprint density at radius 2 is 0.957 bits per heavy atom. The van der Waals surface area contributed by atoms with Gasteiger partial charge in [0.25, 0.3) is 0 Å². The van der Waals surface area contributed by atoms with Crippen LogP contribution in [-0.2, 0) is 0 Å². The summed E-state index contributed by atoms with van der Waals surface area (Å²) in [6.07, 6.45) is 0. The van der Waals surface area contributed by atoms with Crippen LogP contribution in [0.1, 0.15) is 0 Å². The van der Waals surface area contributed by atoms with Gasteiger partial charge < -0.3 is 9.47 Å². The van der Waals surface area contributed by atoms with Crippen molar-refractivity contribution in [1.29, 1.82) is 0 Å². The molecule has 0 N–H and O–H groups in total. The largest absolute Gasteiger partial charge is 0.311 e. The minimum atomic E-state index is -1.99. The second kappa shape index (κ2) is 10.7. The quantitative estimate of drug-likeness (QED) is 0.174. The molecule has 0 atom stereocenters. The number of benzene rings is 7. The van der Waals surface area contributed by atoms with Crippen molar-refractivity contribution in [3.05, 3.63) is 170 Å². The zero-order valence-corrected chi connectivity index (χ0v) is 27.6. The number of anilines is 3. The minimum absolute atomic E-state index is 1.17. The van der Waals surface area contributed by atoms with E-state index in [1.54, 1.807) is 0 Å². The Morgan fingerprint density at radius 1 is 0.426 bits per heavy atom. The van der Waals surface area contributed by atoms with Gasteiger partial charge in [-0.1, -0.05) is 128 Å². The van der Waals surface area contributed by atoms with Crippen LogP contribution in [0.5, 0.6) is 0 Å². The highest BCUT2D eigenvalue weighted by atomic mass is 28.3. The normalized spacial score (nSPS) is 13.1. The van der Waals surface area contributed by atoms with Gasteiger partial charge in [-0.05, 0) is 71.8 Å². The minimum Gasteiger partial charge on any atom is -0.311 e. The topological polar surface area (TPSA) is 8.17 Å². The third kappa shape index (κ3) is 4.39. The molecule has 0 fully saturated rings. The molecule has 0 saturated heterocycles. The predicted octanol–water partition coefficient (Wildman–Crippen LogP) is 10.7. The Kier molecular flexibility index (Phi) is 6.31. The molecule has 8 aromatic rings. The average molecular weight is 619 g/mol. The molecule has 0 unspecified atom stereocenters. The number of fused-ring (bicyclic) bond motifs is 6. The van der Waals surface area contributed by atoms with Crippen LogP contribution in [0.4, 0.5) is 17.1 Å². The fourth-order valence-electron chi connectivity index (χ4n) is 7.65. The number of hydrogen-bond acceptors (Lipinski definition) is 1. The summed E-state index contributed by atoms with van der Waals surface area (Å²) >= 11 is 0. The SMILES string of the molecule is C[Si-]1(C)c2cc(-c3ccc4c(c3)c3ccccc3n4-c3ccccc3)ccc2-c2ccc(N(c3ccccc3)c3ccccc3)cc21. The summed E-state index contributed by atoms with van der Waals surface area (Å²) < 4.78 is 2.38. The van der Waals surface area contributed by atoms with E-state index in [1.807, 2.05) is 0 Å². The Hall–Kier alpha value is -5.64. The van der Waals surface area contributed by atoms with Gasteiger partial charge in [-0.25, -0.2) is 0 Å². The maximum Gasteiger partial charge on any atom is 0.0541 e. The molecule has 0 spiro atoms. The van der Waals surface area contributed by atoms with Gasteiger partial charge >= 0.3 is 0 Å². The zero-order valence-electron chi connectivity index (χ0n) is 26.6. The lowest BCUT2D eigenvalue weighted by Crippen LogP contribution is -2.49. The average Bonchev–Trinajstić information content (AvgIpc) is 3.57. The van der Waals surface area contributed by atoms with Gasteiger partial charge in [0.15, 0.2) is 0 Å². The molecule has 0 amide bonds. The van der Waals surface area contributed by atoms with Gasteiger partial charge in [0.1, 0.15) is 0 Å². The fraction of sp³-hybridized carbons (Fsp3) is 0.0455. The first kappa shape index (κ1) is 27.6. The zero-order chi connectivity index (χ0) is 31.5. The highest BCUT2D eigenvalue weighted by Gasteiger charge is 2.28. The Labute approximate surface area is 276 Å². The van der Waals surface area contributed by atoms with Crippen molar-refractivity contribution in [2.75, 3.05) is 4.90 Å². The summed E-state index contributed by atoms with van der Waals surface area (Å²) in [4.78, 5) is 2.38. The second-order valence-corrected chi connectivity index (χ2v) is 17.4. The molecule has 1 aliphatic rings. The van der Waals surface area contributed by atoms with E-state index in [0.717, 1.165) is 0 Å². The van der Waals surface area contributed by atoms with Crippen LogP contribution in [0.25, 0.3) is 49.7 Å². The van der Waals surface area contributed by atoms with Crippen LogP contribution < -0.4 is 15.3 Å². The van der Waals surface area contributed by atoms with E-state index >= 15 is 0 Å². The Balaban J connectivity index is 1.14. The predicted molar refractivity (Wildman–Crippen MR) is 203 cm³/mol. The molecular formula is C44H34N2Si-. The molecule has 0 aliphatic carbocycles. The smallest absolute Gasteiger partial charge is 0.0541 e. The molecular weight excluding hydrogens is 585 g/mol. The summed E-state index contributed by atoms with van der Waals surface area (Å²) in [7, 11) is -1.99. The Morgan fingerprint density at radius 3 is 1.66 bits per heavy atom. The molecule has 0 saturated carbocycles. The first-order valence-corrected chi connectivity index (χ1v) is 19.4. The molecule has 2 nitrogen and oxygen atoms in total. The van der Waals surface area contributed by atoms with Crippen LogP contribution in [0, 0.1) is 0 Å². The fourth-order valence-corrected chi connectivity index (χ4v) is 10.8. The molecule has 2 heterocycles. The standard InChI is InChI=1S/C44H34N2Si/c1-47(2)43-29-32(31-23-27-42-40(28-31)37-20-12-13-21-41(37)46(42)35-18-10-5-11-19-35)22-25-38(43)39-26-24-36(30-44(39)47)45(33-14-6-3-7-15-33)34-16-8-4-9-17-34/h3-30H,1-2H3/q-1. The molecule has 47 heavy (non-hydrogen) atoms. The summed E-state index contributed by atoms with van der Waals surface area (Å²) in [6.45, 7) is 5.02. The number of nitrogens with zero attached hydrogens (tertiary/aromatic N) is 2. The number of rotatable bonds is 5. The molecule has 1 aliphatic heterocycles. The van der Waals surface area contributed by atoms with Crippen LogP contribution in [-0.4, -0.2) is 12.6 Å². The van der Waals surface area contributed by atoms with Gasteiger partial charge in [0, 0.05) is 33.5 Å². The maximum absolute atomic E-state index is 2.51. The molecule has 3 heteroatoms. The van der Waals surface area contributed by atoms with Gasteiger partial charge in [-0.2, -0.15) is 23.5 Å². The maximum atomic E-state index is 2.51. The molecule has 1 aromatic heterocycles. The third-order valence-electron chi connectivity index (χ3n) is 9.97. The van der Waals surface area contributed by atoms with Crippen molar-refractivity contribution in [3.8, 4) is 27.9 Å². The lowest BCUT2D eigenvalue weighted by molar-refractivity contribution is 1.18. The molecule has 0 bridgehead atoms. The first-order chi connectivity index (χ1) is 23.1. The summed E-state index contributed by atoms with van der Waals surface area (Å²) in [5, 5.41) is 5.58. The van der Waals surface area contributed by atoms with Crippen molar-refractivity contribution >= 4 is 57.3 Å². The molecule has 0 radical (unpaired) electrons. The molecule has 7 aromatic carbocycles. The van der Waals surface area contributed by atoms with E-state index < -0.39 is 8.07 Å². The van der Waals surface area contributed by atoms with E-state index in [1.165, 1.54) is 77.2 Å². The van der Waals surface area contributed by atoms with E-state index in [9.17, 15) is 0 Å². The molecule has 225 valence electrons. The summed E-state index contributed by atoms with van der Waals surface area (Å²) in [5.74, 6) is 0. The lowest BCUT2D eigenvalue weighted by Gasteiger charge is -2.34. The van der Waals surface area contributed by atoms with Crippen molar-refractivity contribution in [1.82, 2.24) is 4.57 Å². The number of hydrogen-bond donors (Lipinski definition) is 0. The summed E-state index contributed by atoms with van der Waals surface area (Å²) in [5.41, 5.74) is 12.5. The van der Waals surface area contributed by atoms with Gasteiger partial charge in [-0.15, -0.1) is 0 Å². The lowest BCUT2D eigenvalue weighted by atomic mass is 9.99. The van der Waals surface area contributed by atoms with Crippen LogP contribution in [0.2, 0.25) is 13.1 Å². The second-order valence-electron chi connectivity index (χ2n) is 13.0. The van der Waals surface area contributed by atoms with E-state index in [4.69, 9.17) is 0 Å². The molecule has 9 rings (SSSR count). The van der Waals surface area contributed by atoms with Crippen LogP contribution >= 0.6 is 0 Å². The van der Waals surface area contributed by atoms with E-state index in [0.29, 0.717) is 0 Å². The third-order valence-corrected chi connectivity index (χ3v) is 13.5. The van der Waals surface area contributed by atoms with E-state index in [-0.39, 0.29) is 0 Å². The number of aromatic nitrogens is 1. The van der Waals surface area contributed by atoms with Crippen LogP contribution in [0.3, 0.4) is 0 Å². The van der Waals surface area contributed by atoms with Crippen molar-refractivity contribution in [3.63, 3.8) is 0 Å². The monoisotopic (exact) mass is 618 g/mol. The van der Waals surface area contributed by atoms with Crippen molar-refractivity contribution in [2.45, 2.75) is 13.1 Å². The van der Waals surface area contributed by atoms with Crippen molar-refractivity contribution < 1.29 is 0 Å².